The number of nitrogens with two attached hydrogens (primary N) is 1. The molecule has 5 heteroatoms. The van der Waals surface area contributed by atoms with Crippen LogP contribution in [0.4, 0.5) is 0 Å². The predicted octanol–water partition coefficient (Wildman–Crippen LogP) is 1.36. The van der Waals surface area contributed by atoms with E-state index in [-0.39, 0.29) is 5.84 Å². The molecule has 12 heavy (non-hydrogen) atoms. The zero-order chi connectivity index (χ0) is 9.14. The molecule has 0 saturated carbocycles. The van der Waals surface area contributed by atoms with Gasteiger partial charge in [-0.3, -0.25) is 0 Å². The summed E-state index contributed by atoms with van der Waals surface area (Å²) < 4.78 is 0. The molecule has 0 saturated heterocycles. The second kappa shape index (κ2) is 3.53. The van der Waals surface area contributed by atoms with Crippen molar-refractivity contribution in [1.82, 2.24) is 4.98 Å². The molecule has 3 N–H and O–H groups in total. The summed E-state index contributed by atoms with van der Waals surface area (Å²) in [6.07, 6.45) is 0. The van der Waals surface area contributed by atoms with Gasteiger partial charge in [0, 0.05) is 11.3 Å². The highest BCUT2D eigenvalue weighted by molar-refractivity contribution is 7.09. The third-order valence-corrected chi connectivity index (χ3v) is 2.53. The molecule has 0 aromatic carbocycles. The molecular formula is C7H11N3OS. The lowest BCUT2D eigenvalue weighted by Gasteiger charge is -1.95. The van der Waals surface area contributed by atoms with Gasteiger partial charge in [0.1, 0.15) is 5.69 Å². The summed E-state index contributed by atoms with van der Waals surface area (Å²) >= 11 is 1.52. The molecule has 1 heterocycles. The lowest BCUT2D eigenvalue weighted by Crippen LogP contribution is -2.13. The van der Waals surface area contributed by atoms with E-state index >= 15 is 0 Å². The molecule has 0 bridgehead atoms. The Balaban J connectivity index is 2.92. The first-order valence-corrected chi connectivity index (χ1v) is 4.46. The Morgan fingerprint density at radius 2 is 2.42 bits per heavy atom. The fourth-order valence-corrected chi connectivity index (χ4v) is 1.55. The number of nitrogens with zero attached hydrogens (tertiary/aromatic N) is 2. The molecule has 66 valence electrons. The molecule has 0 spiro atoms. The Morgan fingerprint density at radius 3 is 2.83 bits per heavy atom. The maximum absolute atomic E-state index is 8.36. The van der Waals surface area contributed by atoms with E-state index in [0.29, 0.717) is 11.6 Å². The van der Waals surface area contributed by atoms with Crippen LogP contribution in [0, 0.1) is 0 Å². The summed E-state index contributed by atoms with van der Waals surface area (Å²) in [6, 6.07) is 0. The molecule has 0 radical (unpaired) electrons. The number of rotatable bonds is 2. The molecule has 0 aliphatic carbocycles. The van der Waals surface area contributed by atoms with Gasteiger partial charge in [0.2, 0.25) is 0 Å². The van der Waals surface area contributed by atoms with Crippen molar-refractivity contribution >= 4 is 17.2 Å². The monoisotopic (exact) mass is 185 g/mol. The van der Waals surface area contributed by atoms with Crippen LogP contribution in [-0.4, -0.2) is 16.0 Å². The summed E-state index contributed by atoms with van der Waals surface area (Å²) in [7, 11) is 0. The average Bonchev–Trinajstić information content (AvgIpc) is 2.51. The van der Waals surface area contributed by atoms with Crippen LogP contribution in [0.15, 0.2) is 10.5 Å². The second-order valence-corrected chi connectivity index (χ2v) is 3.60. The van der Waals surface area contributed by atoms with Gasteiger partial charge in [0.15, 0.2) is 5.84 Å². The highest BCUT2D eigenvalue weighted by Gasteiger charge is 2.07. The van der Waals surface area contributed by atoms with Crippen molar-refractivity contribution in [3.8, 4) is 0 Å². The molecule has 1 aromatic heterocycles. The molecular weight excluding hydrogens is 174 g/mol. The Hall–Kier alpha value is -1.10. The van der Waals surface area contributed by atoms with E-state index in [0.717, 1.165) is 5.01 Å². The Morgan fingerprint density at radius 1 is 1.75 bits per heavy atom. The molecule has 0 atom stereocenters. The van der Waals surface area contributed by atoms with Gasteiger partial charge in [-0.15, -0.1) is 11.3 Å². The number of amidine groups is 1. The van der Waals surface area contributed by atoms with Crippen LogP contribution in [0.3, 0.4) is 0 Å². The number of hydrogen-bond donors (Lipinski definition) is 2. The van der Waals surface area contributed by atoms with E-state index in [9.17, 15) is 0 Å². The minimum atomic E-state index is 0.0677. The maximum atomic E-state index is 8.36. The second-order valence-electron chi connectivity index (χ2n) is 2.71. The minimum absolute atomic E-state index is 0.0677. The number of oxime groups is 1. The van der Waals surface area contributed by atoms with Gasteiger partial charge in [-0.05, 0) is 0 Å². The van der Waals surface area contributed by atoms with Gasteiger partial charge in [0.05, 0.1) is 5.01 Å². The van der Waals surface area contributed by atoms with Crippen molar-refractivity contribution in [1.29, 1.82) is 0 Å². The van der Waals surface area contributed by atoms with Crippen molar-refractivity contribution < 1.29 is 5.21 Å². The molecule has 0 unspecified atom stereocenters. The lowest BCUT2D eigenvalue weighted by molar-refractivity contribution is 0.318. The summed E-state index contributed by atoms with van der Waals surface area (Å²) in [5.41, 5.74) is 5.90. The summed E-state index contributed by atoms with van der Waals surface area (Å²) in [5, 5.41) is 14.0. The topological polar surface area (TPSA) is 71.5 Å². The first-order valence-electron chi connectivity index (χ1n) is 3.58. The van der Waals surface area contributed by atoms with Crippen molar-refractivity contribution in [3.05, 3.63) is 16.1 Å². The van der Waals surface area contributed by atoms with Gasteiger partial charge in [-0.2, -0.15) is 0 Å². The molecule has 0 aliphatic heterocycles. The largest absolute Gasteiger partial charge is 0.409 e. The molecule has 1 aromatic rings. The number of thiazole rings is 1. The van der Waals surface area contributed by atoms with Crippen LogP contribution >= 0.6 is 11.3 Å². The minimum Gasteiger partial charge on any atom is -0.409 e. The predicted molar refractivity (Wildman–Crippen MR) is 48.7 cm³/mol. The standard InChI is InChI=1S/C7H11N3OS/c1-4(2)7-9-5(3-12-7)6(8)10-11/h3-4,11H,1-2H3,(H2,8,10). The van der Waals surface area contributed by atoms with Crippen LogP contribution in [0.1, 0.15) is 30.5 Å². The zero-order valence-corrected chi connectivity index (χ0v) is 7.80. The van der Waals surface area contributed by atoms with Gasteiger partial charge in [0.25, 0.3) is 0 Å². The summed E-state index contributed by atoms with van der Waals surface area (Å²) in [5.74, 6) is 0.452. The van der Waals surface area contributed by atoms with Crippen LogP contribution < -0.4 is 5.73 Å². The van der Waals surface area contributed by atoms with E-state index in [1.807, 2.05) is 0 Å². The fourth-order valence-electron chi connectivity index (χ4n) is 0.722. The highest BCUT2D eigenvalue weighted by Crippen LogP contribution is 2.18. The van der Waals surface area contributed by atoms with Crippen molar-refractivity contribution in [2.75, 3.05) is 0 Å². The SMILES string of the molecule is CC(C)c1nc(/C(N)=N/O)cs1. The number of aromatic nitrogens is 1. The van der Waals surface area contributed by atoms with Gasteiger partial charge < -0.3 is 10.9 Å². The summed E-state index contributed by atoms with van der Waals surface area (Å²) in [6.45, 7) is 4.10. The van der Waals surface area contributed by atoms with E-state index in [1.165, 1.54) is 11.3 Å². The van der Waals surface area contributed by atoms with Crippen LogP contribution in [0.25, 0.3) is 0 Å². The lowest BCUT2D eigenvalue weighted by atomic mass is 10.2. The first kappa shape index (κ1) is 8.99. The van der Waals surface area contributed by atoms with E-state index in [2.05, 4.69) is 24.0 Å². The Labute approximate surface area is 74.7 Å². The quantitative estimate of drug-likeness (QED) is 0.316. The zero-order valence-electron chi connectivity index (χ0n) is 6.98. The third kappa shape index (κ3) is 1.73. The highest BCUT2D eigenvalue weighted by atomic mass is 32.1. The summed E-state index contributed by atoms with van der Waals surface area (Å²) in [4.78, 5) is 4.18. The van der Waals surface area contributed by atoms with Gasteiger partial charge >= 0.3 is 0 Å². The Kier molecular flexibility index (Phi) is 2.65. The van der Waals surface area contributed by atoms with Crippen molar-refractivity contribution in [3.63, 3.8) is 0 Å². The van der Waals surface area contributed by atoms with E-state index < -0.39 is 0 Å². The van der Waals surface area contributed by atoms with Crippen molar-refractivity contribution in [2.24, 2.45) is 10.9 Å². The van der Waals surface area contributed by atoms with Crippen LogP contribution in [0.2, 0.25) is 0 Å². The molecule has 0 amide bonds. The number of hydrogen-bond acceptors (Lipinski definition) is 4. The van der Waals surface area contributed by atoms with Crippen molar-refractivity contribution in [2.45, 2.75) is 19.8 Å². The molecule has 4 nitrogen and oxygen atoms in total. The molecule has 1 rings (SSSR count). The van der Waals surface area contributed by atoms with Gasteiger partial charge in [-0.1, -0.05) is 19.0 Å². The normalized spacial score (nSPS) is 12.4. The molecule has 0 aliphatic rings. The first-order chi connectivity index (χ1) is 5.65. The Bertz CT molecular complexity index is 293. The van der Waals surface area contributed by atoms with Gasteiger partial charge in [-0.25, -0.2) is 4.98 Å². The van der Waals surface area contributed by atoms with E-state index in [4.69, 9.17) is 10.9 Å². The average molecular weight is 185 g/mol. The van der Waals surface area contributed by atoms with E-state index in [1.54, 1.807) is 5.38 Å². The fraction of sp³-hybridized carbons (Fsp3) is 0.429. The molecule has 0 fully saturated rings. The van der Waals surface area contributed by atoms with Crippen LogP contribution in [0.5, 0.6) is 0 Å². The third-order valence-electron chi connectivity index (χ3n) is 1.39. The van der Waals surface area contributed by atoms with Crippen LogP contribution in [-0.2, 0) is 0 Å². The maximum Gasteiger partial charge on any atom is 0.189 e. The smallest absolute Gasteiger partial charge is 0.189 e.